The van der Waals surface area contributed by atoms with Gasteiger partial charge >= 0.3 is 6.09 Å². The Morgan fingerprint density at radius 1 is 1.12 bits per heavy atom. The Hall–Kier alpha value is -2.87. The molecule has 0 radical (unpaired) electrons. The third-order valence-electron chi connectivity index (χ3n) is 7.97. The molecular formula is C33H52N4O4. The Morgan fingerprint density at radius 2 is 1.78 bits per heavy atom. The fourth-order valence-corrected chi connectivity index (χ4v) is 5.47. The van der Waals surface area contributed by atoms with Crippen LogP contribution in [0.3, 0.4) is 0 Å². The van der Waals surface area contributed by atoms with Crippen LogP contribution in [-0.2, 0) is 16.0 Å². The van der Waals surface area contributed by atoms with Gasteiger partial charge in [-0.3, -0.25) is 9.69 Å². The maximum Gasteiger partial charge on any atom is 0.410 e. The molecular weight excluding hydrogens is 516 g/mol. The predicted molar refractivity (Wildman–Crippen MR) is 163 cm³/mol. The summed E-state index contributed by atoms with van der Waals surface area (Å²) >= 11 is 0. The van der Waals surface area contributed by atoms with Gasteiger partial charge in [-0.25, -0.2) is 9.78 Å². The summed E-state index contributed by atoms with van der Waals surface area (Å²) in [5, 5.41) is 14.4. The van der Waals surface area contributed by atoms with E-state index in [1.165, 1.54) is 29.7 Å². The van der Waals surface area contributed by atoms with Crippen molar-refractivity contribution in [1.82, 2.24) is 19.8 Å². The van der Waals surface area contributed by atoms with Gasteiger partial charge in [0.15, 0.2) is 0 Å². The van der Waals surface area contributed by atoms with E-state index in [0.29, 0.717) is 24.0 Å². The highest BCUT2D eigenvalue weighted by atomic mass is 16.6. The molecule has 0 unspecified atom stereocenters. The Labute approximate surface area is 246 Å². The van der Waals surface area contributed by atoms with Gasteiger partial charge in [0.05, 0.1) is 24.2 Å². The molecule has 2 N–H and O–H groups in total. The minimum atomic E-state index is -0.850. The molecule has 1 fully saturated rings. The molecule has 0 aliphatic heterocycles. The highest BCUT2D eigenvalue weighted by Gasteiger charge is 2.34. The molecule has 1 aromatic heterocycles. The van der Waals surface area contributed by atoms with E-state index in [2.05, 4.69) is 24.1 Å². The van der Waals surface area contributed by atoms with Crippen LogP contribution in [0.5, 0.6) is 0 Å². The number of aliphatic hydroxyl groups is 1. The maximum atomic E-state index is 14.0. The van der Waals surface area contributed by atoms with E-state index in [0.717, 1.165) is 31.4 Å². The minimum Gasteiger partial charge on any atom is -0.444 e. The van der Waals surface area contributed by atoms with E-state index in [9.17, 15) is 14.7 Å². The number of aryl methyl sites for hydroxylation is 1. The largest absolute Gasteiger partial charge is 0.444 e. The van der Waals surface area contributed by atoms with Gasteiger partial charge in [-0.1, -0.05) is 63.6 Å². The molecule has 0 saturated heterocycles. The molecule has 1 saturated carbocycles. The number of aromatic nitrogens is 2. The Bertz CT molecular complexity index is 1100. The van der Waals surface area contributed by atoms with Gasteiger partial charge in [0.2, 0.25) is 5.91 Å². The summed E-state index contributed by atoms with van der Waals surface area (Å²) in [5.41, 5.74) is 2.13. The molecule has 2 aromatic rings. The van der Waals surface area contributed by atoms with E-state index >= 15 is 0 Å². The summed E-state index contributed by atoms with van der Waals surface area (Å²) in [6.45, 7) is 11.7. The van der Waals surface area contributed by atoms with Crippen LogP contribution in [0.4, 0.5) is 4.79 Å². The molecule has 1 heterocycles. The molecule has 228 valence electrons. The van der Waals surface area contributed by atoms with E-state index in [1.807, 2.05) is 62.7 Å². The zero-order valence-corrected chi connectivity index (χ0v) is 26.2. The number of benzene rings is 1. The number of aliphatic hydroxyl groups excluding tert-OH is 1. The number of carbonyl (C=O) groups excluding carboxylic acids is 2. The van der Waals surface area contributed by atoms with Crippen molar-refractivity contribution in [3.63, 3.8) is 0 Å². The Balaban J connectivity index is 1.83. The standard InChI is InChI=1S/C33H52N4O4/c1-23(2)13-18-30(38)28(19-25-11-9-8-10-12-25)35-31(39)29(36(7)32(40)41-33(4,5)6)20-26-21-37(22-34-26)27-16-14-24(3)15-17-27/h14-17,21-23,25,28-30,38H,8-13,18-20H2,1-7H3,(H,35,39)/t28-,29-,30-/m0/s1. The van der Waals surface area contributed by atoms with Crippen molar-refractivity contribution in [3.8, 4) is 5.69 Å². The molecule has 8 nitrogen and oxygen atoms in total. The summed E-state index contributed by atoms with van der Waals surface area (Å²) in [5.74, 6) is 0.646. The fourth-order valence-electron chi connectivity index (χ4n) is 5.47. The van der Waals surface area contributed by atoms with Crippen molar-refractivity contribution in [3.05, 3.63) is 48.0 Å². The molecule has 3 atom stereocenters. The molecule has 0 bridgehead atoms. The fraction of sp³-hybridized carbons (Fsp3) is 0.667. The van der Waals surface area contributed by atoms with Gasteiger partial charge in [0, 0.05) is 25.4 Å². The first-order valence-electron chi connectivity index (χ1n) is 15.4. The normalized spacial score (nSPS) is 16.7. The van der Waals surface area contributed by atoms with Gasteiger partial charge in [0.25, 0.3) is 0 Å². The van der Waals surface area contributed by atoms with Crippen LogP contribution in [-0.4, -0.2) is 62.4 Å². The van der Waals surface area contributed by atoms with Crippen LogP contribution in [0.1, 0.15) is 97.2 Å². The first-order valence-corrected chi connectivity index (χ1v) is 15.4. The second kappa shape index (κ2) is 14.9. The molecule has 1 aromatic carbocycles. The minimum absolute atomic E-state index is 0.221. The third kappa shape index (κ3) is 10.5. The summed E-state index contributed by atoms with van der Waals surface area (Å²) in [6.07, 6.45) is 10.8. The van der Waals surface area contributed by atoms with E-state index in [-0.39, 0.29) is 18.4 Å². The molecule has 0 spiro atoms. The SMILES string of the molecule is Cc1ccc(-n2cnc(C[C@@H](C(=O)N[C@@H](CC3CCCCC3)[C@@H](O)CCC(C)C)N(C)C(=O)OC(C)(C)C)c2)cc1. The van der Waals surface area contributed by atoms with Crippen molar-refractivity contribution in [1.29, 1.82) is 0 Å². The van der Waals surface area contributed by atoms with Crippen molar-refractivity contribution in [2.45, 2.75) is 123 Å². The van der Waals surface area contributed by atoms with Crippen LogP contribution in [0.15, 0.2) is 36.8 Å². The zero-order chi connectivity index (χ0) is 30.2. The number of hydrogen-bond donors (Lipinski definition) is 2. The van der Waals surface area contributed by atoms with Crippen molar-refractivity contribution in [2.24, 2.45) is 11.8 Å². The lowest BCUT2D eigenvalue weighted by atomic mass is 9.83. The third-order valence-corrected chi connectivity index (χ3v) is 7.97. The number of amides is 2. The number of ether oxygens (including phenoxy) is 1. The van der Waals surface area contributed by atoms with Crippen molar-refractivity contribution in [2.75, 3.05) is 7.05 Å². The quantitative estimate of drug-likeness (QED) is 0.317. The van der Waals surface area contributed by atoms with E-state index in [1.54, 1.807) is 13.4 Å². The number of imidazole rings is 1. The topological polar surface area (TPSA) is 96.7 Å². The lowest BCUT2D eigenvalue weighted by molar-refractivity contribution is -0.127. The second-order valence-corrected chi connectivity index (χ2v) is 13.3. The first kappa shape index (κ1) is 32.6. The Morgan fingerprint density at radius 3 is 2.39 bits per heavy atom. The van der Waals surface area contributed by atoms with Crippen molar-refractivity contribution < 1.29 is 19.4 Å². The summed E-state index contributed by atoms with van der Waals surface area (Å²) in [6, 6.07) is 6.90. The van der Waals surface area contributed by atoms with E-state index in [4.69, 9.17) is 4.74 Å². The zero-order valence-electron chi connectivity index (χ0n) is 26.2. The molecule has 1 aliphatic rings. The van der Waals surface area contributed by atoms with Gasteiger partial charge < -0.3 is 19.7 Å². The number of nitrogens with one attached hydrogen (secondary N) is 1. The number of likely N-dealkylation sites (N-methyl/N-ethyl adjacent to an activating group) is 1. The van der Waals surface area contributed by atoms with Crippen molar-refractivity contribution >= 4 is 12.0 Å². The van der Waals surface area contributed by atoms with Gasteiger partial charge in [0.1, 0.15) is 11.6 Å². The average Bonchev–Trinajstić information content (AvgIpc) is 3.38. The summed E-state index contributed by atoms with van der Waals surface area (Å²) in [4.78, 5) is 33.0. The van der Waals surface area contributed by atoms with Crippen LogP contribution in [0, 0.1) is 18.8 Å². The van der Waals surface area contributed by atoms with Gasteiger partial charge in [-0.05, 0) is 70.9 Å². The summed E-state index contributed by atoms with van der Waals surface area (Å²) in [7, 11) is 1.60. The number of carbonyl (C=O) groups is 2. The van der Waals surface area contributed by atoms with E-state index < -0.39 is 23.8 Å². The van der Waals surface area contributed by atoms with Crippen LogP contribution >= 0.6 is 0 Å². The molecule has 8 heteroatoms. The lowest BCUT2D eigenvalue weighted by Crippen LogP contribution is -2.54. The molecule has 3 rings (SSSR count). The second-order valence-electron chi connectivity index (χ2n) is 13.3. The number of nitrogens with zero attached hydrogens (tertiary/aromatic N) is 3. The first-order chi connectivity index (χ1) is 19.3. The molecule has 1 aliphatic carbocycles. The van der Waals surface area contributed by atoms with Gasteiger partial charge in [-0.2, -0.15) is 0 Å². The maximum absolute atomic E-state index is 14.0. The van der Waals surface area contributed by atoms with Crippen LogP contribution < -0.4 is 5.32 Å². The number of hydrogen-bond acceptors (Lipinski definition) is 5. The molecule has 2 amide bonds. The Kier molecular flexibility index (Phi) is 11.8. The average molecular weight is 569 g/mol. The smallest absolute Gasteiger partial charge is 0.410 e. The van der Waals surface area contributed by atoms with Crippen LogP contribution in [0.2, 0.25) is 0 Å². The van der Waals surface area contributed by atoms with Gasteiger partial charge in [-0.15, -0.1) is 0 Å². The highest BCUT2D eigenvalue weighted by molar-refractivity contribution is 5.86. The lowest BCUT2D eigenvalue weighted by Gasteiger charge is -2.34. The monoisotopic (exact) mass is 568 g/mol. The highest BCUT2D eigenvalue weighted by Crippen LogP contribution is 2.29. The predicted octanol–water partition coefficient (Wildman–Crippen LogP) is 6.21. The summed E-state index contributed by atoms with van der Waals surface area (Å²) < 4.78 is 7.54. The molecule has 41 heavy (non-hydrogen) atoms. The van der Waals surface area contributed by atoms with Crippen LogP contribution in [0.25, 0.3) is 5.69 Å². The number of rotatable bonds is 12.